The Morgan fingerprint density at radius 1 is 0.857 bits per heavy atom. The number of allylic oxidation sites excluding steroid dienone is 2. The fourth-order valence-corrected chi connectivity index (χ4v) is 3.90. The molecule has 0 radical (unpaired) electrons. The van der Waals surface area contributed by atoms with Gasteiger partial charge in [-0.05, 0) is 77.8 Å². The molecule has 0 unspecified atom stereocenters. The summed E-state index contributed by atoms with van der Waals surface area (Å²) in [7, 11) is 0. The second-order valence-electron chi connectivity index (χ2n) is 7.64. The third-order valence-electron chi connectivity index (χ3n) is 4.98. The molecule has 144 valence electrons. The van der Waals surface area contributed by atoms with E-state index in [1.807, 2.05) is 18.2 Å². The Balaban J connectivity index is 2.07. The van der Waals surface area contributed by atoms with Crippen molar-refractivity contribution >= 4 is 23.2 Å². The van der Waals surface area contributed by atoms with Crippen LogP contribution in [0.2, 0.25) is 10.0 Å². The molecular formula is C26H26Cl2. The van der Waals surface area contributed by atoms with Crippen molar-refractivity contribution in [2.24, 2.45) is 5.92 Å². The highest BCUT2D eigenvalue weighted by Gasteiger charge is 2.14. The molecule has 3 aromatic carbocycles. The summed E-state index contributed by atoms with van der Waals surface area (Å²) in [5.74, 6) is 0.580. The molecule has 28 heavy (non-hydrogen) atoms. The maximum atomic E-state index is 6.54. The zero-order valence-corrected chi connectivity index (χ0v) is 18.4. The Morgan fingerprint density at radius 2 is 1.64 bits per heavy atom. The standard InChI is InChI=1S/C26H26Cl2/c1-17(2)7-5-9-20-11-12-21(15-19(20)4)23-10-6-8-18(3)26(23)24-16-22(27)13-14-25(24)28/h5-8,10-17H,9H2,1-4H3. The van der Waals surface area contributed by atoms with Crippen LogP contribution < -0.4 is 0 Å². The van der Waals surface area contributed by atoms with E-state index in [-0.39, 0.29) is 0 Å². The van der Waals surface area contributed by atoms with Gasteiger partial charge in [-0.3, -0.25) is 0 Å². The second kappa shape index (κ2) is 8.99. The number of benzene rings is 3. The highest BCUT2D eigenvalue weighted by Crippen LogP contribution is 2.39. The molecule has 0 saturated heterocycles. The predicted molar refractivity (Wildman–Crippen MR) is 124 cm³/mol. The minimum Gasteiger partial charge on any atom is -0.0856 e. The first kappa shape index (κ1) is 20.7. The Labute approximate surface area is 178 Å². The monoisotopic (exact) mass is 408 g/mol. The van der Waals surface area contributed by atoms with Gasteiger partial charge < -0.3 is 0 Å². The van der Waals surface area contributed by atoms with Gasteiger partial charge in [0.25, 0.3) is 0 Å². The van der Waals surface area contributed by atoms with E-state index in [1.165, 1.54) is 27.8 Å². The molecule has 0 bridgehead atoms. The lowest BCUT2D eigenvalue weighted by Gasteiger charge is -2.16. The molecule has 3 aromatic rings. The molecular weight excluding hydrogens is 383 g/mol. The summed E-state index contributed by atoms with van der Waals surface area (Å²) in [4.78, 5) is 0. The molecule has 0 heterocycles. The van der Waals surface area contributed by atoms with Gasteiger partial charge in [-0.25, -0.2) is 0 Å². The largest absolute Gasteiger partial charge is 0.0856 e. The van der Waals surface area contributed by atoms with Crippen LogP contribution in [0.4, 0.5) is 0 Å². The summed E-state index contributed by atoms with van der Waals surface area (Å²) >= 11 is 12.8. The first-order valence-corrected chi connectivity index (χ1v) is 10.4. The molecule has 0 aliphatic heterocycles. The Morgan fingerprint density at radius 3 is 2.36 bits per heavy atom. The lowest BCUT2D eigenvalue weighted by molar-refractivity contribution is 0.827. The molecule has 0 amide bonds. The average molecular weight is 409 g/mol. The summed E-state index contributed by atoms with van der Waals surface area (Å²) < 4.78 is 0. The van der Waals surface area contributed by atoms with Crippen LogP contribution in [-0.2, 0) is 6.42 Å². The third-order valence-corrected chi connectivity index (χ3v) is 5.55. The predicted octanol–water partition coefficient (Wildman–Crippen LogP) is 8.70. The van der Waals surface area contributed by atoms with Crippen molar-refractivity contribution in [2.45, 2.75) is 34.1 Å². The average Bonchev–Trinajstić information content (AvgIpc) is 2.65. The topological polar surface area (TPSA) is 0 Å². The van der Waals surface area contributed by atoms with E-state index >= 15 is 0 Å². The maximum Gasteiger partial charge on any atom is 0.0485 e. The molecule has 0 saturated carbocycles. The highest BCUT2D eigenvalue weighted by molar-refractivity contribution is 6.35. The maximum absolute atomic E-state index is 6.54. The van der Waals surface area contributed by atoms with Gasteiger partial charge in [0.15, 0.2) is 0 Å². The van der Waals surface area contributed by atoms with Crippen molar-refractivity contribution in [3.05, 3.63) is 93.5 Å². The normalized spacial score (nSPS) is 11.5. The number of halogens is 2. The van der Waals surface area contributed by atoms with Crippen molar-refractivity contribution in [3.8, 4) is 22.3 Å². The van der Waals surface area contributed by atoms with Crippen LogP contribution in [0.1, 0.15) is 30.5 Å². The molecule has 0 fully saturated rings. The molecule has 0 N–H and O–H groups in total. The summed E-state index contributed by atoms with van der Waals surface area (Å²) in [6.07, 6.45) is 5.48. The van der Waals surface area contributed by atoms with Gasteiger partial charge in [0.1, 0.15) is 0 Å². The SMILES string of the molecule is Cc1cc(-c2cccc(C)c2-c2cc(Cl)ccc2Cl)ccc1CC=CC(C)C. The summed E-state index contributed by atoms with van der Waals surface area (Å²) in [6, 6.07) is 18.7. The van der Waals surface area contributed by atoms with Crippen LogP contribution in [0, 0.1) is 19.8 Å². The van der Waals surface area contributed by atoms with Gasteiger partial charge in [-0.15, -0.1) is 0 Å². The lowest BCUT2D eigenvalue weighted by atomic mass is 9.89. The second-order valence-corrected chi connectivity index (χ2v) is 8.48. The van der Waals surface area contributed by atoms with Gasteiger partial charge >= 0.3 is 0 Å². The minimum atomic E-state index is 0.580. The first-order chi connectivity index (χ1) is 13.4. The van der Waals surface area contributed by atoms with Gasteiger partial charge in [0.05, 0.1) is 0 Å². The van der Waals surface area contributed by atoms with E-state index < -0.39 is 0 Å². The lowest BCUT2D eigenvalue weighted by Crippen LogP contribution is -1.93. The minimum absolute atomic E-state index is 0.580. The van der Waals surface area contributed by atoms with Crippen molar-refractivity contribution in [2.75, 3.05) is 0 Å². The van der Waals surface area contributed by atoms with Gasteiger partial charge in [0, 0.05) is 15.6 Å². The zero-order chi connectivity index (χ0) is 20.3. The third kappa shape index (κ3) is 4.69. The van der Waals surface area contributed by atoms with Crippen LogP contribution in [0.3, 0.4) is 0 Å². The molecule has 0 aromatic heterocycles. The van der Waals surface area contributed by atoms with Crippen molar-refractivity contribution in [3.63, 3.8) is 0 Å². The Bertz CT molecular complexity index is 1010. The van der Waals surface area contributed by atoms with Crippen LogP contribution in [0.15, 0.2) is 66.7 Å². The molecule has 3 rings (SSSR count). The van der Waals surface area contributed by atoms with E-state index in [0.29, 0.717) is 16.0 Å². The van der Waals surface area contributed by atoms with Crippen LogP contribution in [0.25, 0.3) is 22.3 Å². The summed E-state index contributed by atoms with van der Waals surface area (Å²) in [5.41, 5.74) is 8.33. The van der Waals surface area contributed by atoms with E-state index in [0.717, 1.165) is 17.5 Å². The van der Waals surface area contributed by atoms with Gasteiger partial charge in [-0.2, -0.15) is 0 Å². The number of hydrogen-bond donors (Lipinski definition) is 0. The molecule has 0 spiro atoms. The molecule has 0 aliphatic carbocycles. The summed E-state index contributed by atoms with van der Waals surface area (Å²) in [5, 5.41) is 1.41. The van der Waals surface area contributed by atoms with E-state index in [1.54, 1.807) is 0 Å². The summed E-state index contributed by atoms with van der Waals surface area (Å²) in [6.45, 7) is 8.71. The van der Waals surface area contributed by atoms with E-state index in [4.69, 9.17) is 23.2 Å². The molecule has 2 heteroatoms. The van der Waals surface area contributed by atoms with E-state index in [2.05, 4.69) is 76.2 Å². The fraction of sp³-hybridized carbons (Fsp3) is 0.231. The fourth-order valence-electron chi connectivity index (χ4n) is 3.51. The Kier molecular flexibility index (Phi) is 6.65. The quantitative estimate of drug-likeness (QED) is 0.370. The molecule has 0 atom stereocenters. The van der Waals surface area contributed by atoms with Gasteiger partial charge in [-0.1, -0.05) is 85.6 Å². The number of aryl methyl sites for hydroxylation is 2. The van der Waals surface area contributed by atoms with Crippen LogP contribution in [0.5, 0.6) is 0 Å². The highest BCUT2D eigenvalue weighted by atomic mass is 35.5. The number of hydrogen-bond acceptors (Lipinski definition) is 0. The van der Waals surface area contributed by atoms with Crippen molar-refractivity contribution in [1.29, 1.82) is 0 Å². The van der Waals surface area contributed by atoms with Crippen LogP contribution in [-0.4, -0.2) is 0 Å². The first-order valence-electron chi connectivity index (χ1n) is 9.68. The zero-order valence-electron chi connectivity index (χ0n) is 16.9. The van der Waals surface area contributed by atoms with E-state index in [9.17, 15) is 0 Å². The molecule has 0 nitrogen and oxygen atoms in total. The van der Waals surface area contributed by atoms with Gasteiger partial charge in [0.2, 0.25) is 0 Å². The van der Waals surface area contributed by atoms with Crippen molar-refractivity contribution < 1.29 is 0 Å². The van der Waals surface area contributed by atoms with Crippen LogP contribution >= 0.6 is 23.2 Å². The number of rotatable bonds is 5. The Hall–Kier alpha value is -2.02. The smallest absolute Gasteiger partial charge is 0.0485 e. The molecule has 0 aliphatic rings. The van der Waals surface area contributed by atoms with Crippen molar-refractivity contribution in [1.82, 2.24) is 0 Å².